The molecule has 17 heavy (non-hydrogen) atoms. The van der Waals surface area contributed by atoms with Crippen LogP contribution in [0.3, 0.4) is 0 Å². The molecule has 2 fully saturated rings. The highest BCUT2D eigenvalue weighted by atomic mass is 19.1. The van der Waals surface area contributed by atoms with Gasteiger partial charge in [-0.1, -0.05) is 18.2 Å². The quantitative estimate of drug-likeness (QED) is 0.851. The Balaban J connectivity index is 1.82. The molecule has 1 heterocycles. The molecule has 1 aromatic rings. The summed E-state index contributed by atoms with van der Waals surface area (Å²) in [4.78, 5) is 0. The van der Waals surface area contributed by atoms with Crippen LogP contribution in [0.1, 0.15) is 31.4 Å². The van der Waals surface area contributed by atoms with Crippen molar-refractivity contribution in [3.63, 3.8) is 0 Å². The van der Waals surface area contributed by atoms with Crippen LogP contribution in [0.25, 0.3) is 0 Å². The molecule has 0 bridgehead atoms. The van der Waals surface area contributed by atoms with Gasteiger partial charge in [-0.15, -0.1) is 0 Å². The molecule has 2 aliphatic rings. The highest BCUT2D eigenvalue weighted by molar-refractivity contribution is 5.22. The Morgan fingerprint density at radius 2 is 2.06 bits per heavy atom. The van der Waals surface area contributed by atoms with Gasteiger partial charge in [-0.2, -0.15) is 0 Å². The fourth-order valence-electron chi connectivity index (χ4n) is 2.56. The van der Waals surface area contributed by atoms with E-state index in [1.54, 1.807) is 6.07 Å². The first kappa shape index (κ1) is 11.2. The molecule has 1 aliphatic heterocycles. The Morgan fingerprint density at radius 3 is 2.76 bits per heavy atom. The number of rotatable bonds is 2. The van der Waals surface area contributed by atoms with E-state index in [1.165, 1.54) is 18.9 Å². The second-order valence-electron chi connectivity index (χ2n) is 5.15. The number of benzene rings is 1. The lowest BCUT2D eigenvalue weighted by Crippen LogP contribution is -2.47. The molecular weight excluding hydrogens is 217 g/mol. The predicted molar refractivity (Wildman–Crippen MR) is 64.2 cm³/mol. The van der Waals surface area contributed by atoms with Gasteiger partial charge in [0.25, 0.3) is 0 Å². The van der Waals surface area contributed by atoms with Crippen LogP contribution >= 0.6 is 0 Å². The highest BCUT2D eigenvalue weighted by Gasteiger charge is 2.39. The third kappa shape index (κ3) is 2.22. The molecule has 3 heteroatoms. The van der Waals surface area contributed by atoms with Gasteiger partial charge in [0.05, 0.1) is 6.10 Å². The average Bonchev–Trinajstić information content (AvgIpc) is 3.15. The lowest BCUT2D eigenvalue weighted by molar-refractivity contribution is -0.0721. The molecule has 1 aliphatic carbocycles. The van der Waals surface area contributed by atoms with Gasteiger partial charge < -0.3 is 10.1 Å². The third-order valence-corrected chi connectivity index (χ3v) is 3.78. The van der Waals surface area contributed by atoms with E-state index in [2.05, 4.69) is 12.2 Å². The molecular formula is C14H18FNO. The summed E-state index contributed by atoms with van der Waals surface area (Å²) in [6.45, 7) is 2.96. The first-order valence-corrected chi connectivity index (χ1v) is 6.39. The van der Waals surface area contributed by atoms with Crippen molar-refractivity contribution in [2.75, 3.05) is 6.54 Å². The minimum Gasteiger partial charge on any atom is -0.367 e. The topological polar surface area (TPSA) is 21.3 Å². The average molecular weight is 235 g/mol. The van der Waals surface area contributed by atoms with E-state index in [0.29, 0.717) is 11.5 Å². The standard InChI is InChI=1S/C14H18FNO/c1-9-14(11-4-2-3-5-12(11)15)17-13(8-16-9)10-6-7-10/h2-5,9-10,13-14,16H,6-8H2,1H3. The van der Waals surface area contributed by atoms with Gasteiger partial charge in [-0.25, -0.2) is 4.39 Å². The molecule has 92 valence electrons. The molecule has 3 rings (SSSR count). The van der Waals surface area contributed by atoms with Gasteiger partial charge in [0.2, 0.25) is 0 Å². The van der Waals surface area contributed by atoms with E-state index < -0.39 is 0 Å². The summed E-state index contributed by atoms with van der Waals surface area (Å²) in [6.07, 6.45) is 2.61. The van der Waals surface area contributed by atoms with Gasteiger partial charge in [-0.05, 0) is 31.7 Å². The third-order valence-electron chi connectivity index (χ3n) is 3.78. The number of hydrogen-bond acceptors (Lipinski definition) is 2. The van der Waals surface area contributed by atoms with E-state index in [0.717, 1.165) is 6.54 Å². The zero-order valence-electron chi connectivity index (χ0n) is 10.0. The van der Waals surface area contributed by atoms with E-state index in [9.17, 15) is 4.39 Å². The number of ether oxygens (including phenoxy) is 1. The maximum absolute atomic E-state index is 13.8. The zero-order valence-corrected chi connectivity index (χ0v) is 10.0. The Bertz CT molecular complexity index is 405. The molecule has 1 N–H and O–H groups in total. The number of nitrogens with one attached hydrogen (secondary N) is 1. The van der Waals surface area contributed by atoms with Gasteiger partial charge in [0.15, 0.2) is 0 Å². The van der Waals surface area contributed by atoms with Crippen molar-refractivity contribution in [3.8, 4) is 0 Å². The second-order valence-corrected chi connectivity index (χ2v) is 5.15. The Morgan fingerprint density at radius 1 is 1.29 bits per heavy atom. The minimum absolute atomic E-state index is 0.157. The molecule has 0 spiro atoms. The van der Waals surface area contributed by atoms with Gasteiger partial charge in [-0.3, -0.25) is 0 Å². The van der Waals surface area contributed by atoms with E-state index in [-0.39, 0.29) is 24.1 Å². The van der Waals surface area contributed by atoms with Crippen molar-refractivity contribution in [2.24, 2.45) is 5.92 Å². The molecule has 1 aromatic carbocycles. The molecule has 3 atom stereocenters. The van der Waals surface area contributed by atoms with Crippen LogP contribution in [-0.2, 0) is 4.74 Å². The SMILES string of the molecule is CC1NCC(C2CC2)OC1c1ccccc1F. The largest absolute Gasteiger partial charge is 0.367 e. The van der Waals surface area contributed by atoms with E-state index in [4.69, 9.17) is 4.74 Å². The van der Waals surface area contributed by atoms with Crippen molar-refractivity contribution in [3.05, 3.63) is 35.6 Å². The molecule has 0 aromatic heterocycles. The normalized spacial score (nSPS) is 33.6. The molecule has 1 saturated heterocycles. The Hall–Kier alpha value is -0.930. The molecule has 1 saturated carbocycles. The van der Waals surface area contributed by atoms with Crippen LogP contribution in [0.5, 0.6) is 0 Å². The monoisotopic (exact) mass is 235 g/mol. The molecule has 2 nitrogen and oxygen atoms in total. The van der Waals surface area contributed by atoms with Crippen molar-refractivity contribution < 1.29 is 9.13 Å². The Kier molecular flexibility index (Phi) is 2.89. The zero-order chi connectivity index (χ0) is 11.8. The number of morpholine rings is 1. The fraction of sp³-hybridized carbons (Fsp3) is 0.571. The summed E-state index contributed by atoms with van der Waals surface area (Å²) >= 11 is 0. The van der Waals surface area contributed by atoms with Gasteiger partial charge in [0, 0.05) is 18.2 Å². The predicted octanol–water partition coefficient (Wildman–Crippen LogP) is 2.65. The van der Waals surface area contributed by atoms with Crippen LogP contribution in [0.4, 0.5) is 4.39 Å². The lowest BCUT2D eigenvalue weighted by atomic mass is 9.99. The van der Waals surface area contributed by atoms with Crippen molar-refractivity contribution in [1.29, 1.82) is 0 Å². The smallest absolute Gasteiger partial charge is 0.129 e. The summed E-state index contributed by atoms with van der Waals surface area (Å²) in [7, 11) is 0. The Labute approximate surface area is 101 Å². The van der Waals surface area contributed by atoms with Crippen molar-refractivity contribution in [2.45, 2.75) is 38.0 Å². The van der Waals surface area contributed by atoms with E-state index >= 15 is 0 Å². The van der Waals surface area contributed by atoms with Crippen LogP contribution in [0, 0.1) is 11.7 Å². The lowest BCUT2D eigenvalue weighted by Gasteiger charge is -2.36. The van der Waals surface area contributed by atoms with Crippen LogP contribution < -0.4 is 5.32 Å². The maximum atomic E-state index is 13.8. The molecule has 0 amide bonds. The molecule has 3 unspecified atom stereocenters. The van der Waals surface area contributed by atoms with Crippen LogP contribution in [-0.4, -0.2) is 18.7 Å². The first-order chi connectivity index (χ1) is 8.25. The number of hydrogen-bond donors (Lipinski definition) is 1. The minimum atomic E-state index is -0.164. The van der Waals surface area contributed by atoms with E-state index in [1.807, 2.05) is 12.1 Å². The second kappa shape index (κ2) is 4.39. The summed E-state index contributed by atoms with van der Waals surface area (Å²) in [5.41, 5.74) is 0.679. The van der Waals surface area contributed by atoms with Crippen LogP contribution in [0.2, 0.25) is 0 Å². The summed E-state index contributed by atoms with van der Waals surface area (Å²) in [5, 5.41) is 3.44. The molecule has 0 radical (unpaired) electrons. The first-order valence-electron chi connectivity index (χ1n) is 6.39. The number of halogens is 1. The summed E-state index contributed by atoms with van der Waals surface area (Å²) in [5.74, 6) is 0.520. The maximum Gasteiger partial charge on any atom is 0.129 e. The van der Waals surface area contributed by atoms with Crippen molar-refractivity contribution >= 4 is 0 Å². The van der Waals surface area contributed by atoms with Crippen LogP contribution in [0.15, 0.2) is 24.3 Å². The highest BCUT2D eigenvalue weighted by Crippen LogP contribution is 2.39. The fourth-order valence-corrected chi connectivity index (χ4v) is 2.56. The van der Waals surface area contributed by atoms with Gasteiger partial charge in [0.1, 0.15) is 11.9 Å². The summed E-state index contributed by atoms with van der Waals surface area (Å²) < 4.78 is 19.9. The van der Waals surface area contributed by atoms with Crippen molar-refractivity contribution in [1.82, 2.24) is 5.32 Å². The van der Waals surface area contributed by atoms with Gasteiger partial charge >= 0.3 is 0 Å². The summed E-state index contributed by atoms with van der Waals surface area (Å²) in [6, 6.07) is 7.09.